The number of amides is 1. The Morgan fingerprint density at radius 1 is 1.38 bits per heavy atom. The van der Waals surface area contributed by atoms with Crippen molar-refractivity contribution in [3.8, 4) is 11.5 Å². The van der Waals surface area contributed by atoms with E-state index in [1.54, 1.807) is 5.51 Å². The molecule has 1 aliphatic heterocycles. The second-order valence-electron chi connectivity index (χ2n) is 6.69. The number of imidazole rings is 1. The van der Waals surface area contributed by atoms with Gasteiger partial charge in [-0.25, -0.2) is 9.97 Å². The normalized spacial score (nSPS) is 16.7. The summed E-state index contributed by atoms with van der Waals surface area (Å²) in [4.78, 5) is 21.8. The average Bonchev–Trinajstić information content (AvgIpc) is 3.31. The van der Waals surface area contributed by atoms with E-state index in [4.69, 9.17) is 4.74 Å². The van der Waals surface area contributed by atoms with Gasteiger partial charge in [-0.05, 0) is 37.8 Å². The first-order valence-corrected chi connectivity index (χ1v) is 9.87. The third kappa shape index (κ3) is 3.50. The molecule has 1 N–H and O–H groups in total. The van der Waals surface area contributed by atoms with Gasteiger partial charge in [0.2, 0.25) is 5.91 Å². The summed E-state index contributed by atoms with van der Waals surface area (Å²) in [5.74, 6) is 1.22. The maximum Gasteiger partial charge on any atom is 0.240 e. The number of carbonyl (C=O) groups excluding carboxylic acids is 1. The molecule has 1 fully saturated rings. The Morgan fingerprint density at radius 2 is 2.19 bits per heavy atom. The van der Waals surface area contributed by atoms with Crippen LogP contribution in [-0.2, 0) is 16.1 Å². The van der Waals surface area contributed by atoms with Crippen LogP contribution in [0.1, 0.15) is 19.8 Å². The fourth-order valence-electron chi connectivity index (χ4n) is 3.53. The molecular weight excluding hydrogens is 348 g/mol. The number of hydrogen-bond donors (Lipinski definition) is 1. The molecule has 1 unspecified atom stereocenters. The van der Waals surface area contributed by atoms with Crippen molar-refractivity contribution in [2.24, 2.45) is 5.92 Å². The lowest BCUT2D eigenvalue weighted by Crippen LogP contribution is -2.41. The van der Waals surface area contributed by atoms with Gasteiger partial charge in [-0.15, -0.1) is 11.3 Å². The van der Waals surface area contributed by atoms with Crippen LogP contribution in [0.4, 0.5) is 0 Å². The van der Waals surface area contributed by atoms with Gasteiger partial charge in [0.25, 0.3) is 0 Å². The molecule has 0 saturated carbocycles. The summed E-state index contributed by atoms with van der Waals surface area (Å²) in [6.45, 7) is 3.89. The van der Waals surface area contributed by atoms with Crippen LogP contribution in [0.3, 0.4) is 0 Å². The first-order valence-electron chi connectivity index (χ1n) is 8.93. The summed E-state index contributed by atoms with van der Waals surface area (Å²) in [5, 5.41) is 5.12. The van der Waals surface area contributed by atoms with E-state index in [9.17, 15) is 4.79 Å². The molecule has 26 heavy (non-hydrogen) atoms. The van der Waals surface area contributed by atoms with Crippen LogP contribution in [0.2, 0.25) is 0 Å². The topological polar surface area (TPSA) is 69.0 Å². The first kappa shape index (κ1) is 17.2. The minimum atomic E-state index is 0.00336. The van der Waals surface area contributed by atoms with Crippen molar-refractivity contribution in [1.82, 2.24) is 19.9 Å². The maximum absolute atomic E-state index is 12.7. The lowest BCUT2D eigenvalue weighted by molar-refractivity contribution is -0.122. The van der Waals surface area contributed by atoms with Crippen molar-refractivity contribution in [2.45, 2.75) is 32.4 Å². The molecule has 1 amide bonds. The van der Waals surface area contributed by atoms with Gasteiger partial charge in [0.1, 0.15) is 12.2 Å². The minimum absolute atomic E-state index is 0.00336. The van der Waals surface area contributed by atoms with E-state index in [1.807, 2.05) is 34.2 Å². The zero-order valence-electron chi connectivity index (χ0n) is 14.7. The van der Waals surface area contributed by atoms with Gasteiger partial charge in [-0.1, -0.05) is 12.1 Å². The third-order valence-corrected chi connectivity index (χ3v) is 5.57. The van der Waals surface area contributed by atoms with Gasteiger partial charge in [0.15, 0.2) is 5.82 Å². The van der Waals surface area contributed by atoms with Crippen molar-refractivity contribution in [2.75, 3.05) is 13.2 Å². The SMILES string of the molecule is CC(NC(=O)Cn1c(-c2cscn2)nc2ccccc21)C1CCOCC1. The molecular formula is C19H22N4O2S. The van der Waals surface area contributed by atoms with Gasteiger partial charge in [-0.2, -0.15) is 0 Å². The van der Waals surface area contributed by atoms with Crippen LogP contribution in [-0.4, -0.2) is 39.7 Å². The van der Waals surface area contributed by atoms with Crippen LogP contribution >= 0.6 is 11.3 Å². The second-order valence-corrected chi connectivity index (χ2v) is 7.41. The summed E-state index contributed by atoms with van der Waals surface area (Å²) in [6.07, 6.45) is 2.00. The number of aromatic nitrogens is 3. The monoisotopic (exact) mass is 370 g/mol. The summed E-state index contributed by atoms with van der Waals surface area (Å²) < 4.78 is 7.37. The fourth-order valence-corrected chi connectivity index (χ4v) is 4.06. The van der Waals surface area contributed by atoms with Gasteiger partial charge >= 0.3 is 0 Å². The van der Waals surface area contributed by atoms with E-state index < -0.39 is 0 Å². The number of para-hydroxylation sites is 2. The van der Waals surface area contributed by atoms with Crippen molar-refractivity contribution < 1.29 is 9.53 Å². The smallest absolute Gasteiger partial charge is 0.240 e. The number of fused-ring (bicyclic) bond motifs is 1. The highest BCUT2D eigenvalue weighted by Crippen LogP contribution is 2.25. The second kappa shape index (κ2) is 7.55. The Balaban J connectivity index is 1.56. The molecule has 0 spiro atoms. The van der Waals surface area contributed by atoms with E-state index >= 15 is 0 Å². The Labute approximate surface area is 156 Å². The van der Waals surface area contributed by atoms with Crippen LogP contribution < -0.4 is 5.32 Å². The van der Waals surface area contributed by atoms with Gasteiger partial charge in [0, 0.05) is 24.6 Å². The predicted octanol–water partition coefficient (Wildman–Crippen LogP) is 3.09. The number of benzene rings is 1. The van der Waals surface area contributed by atoms with E-state index in [2.05, 4.69) is 22.2 Å². The van der Waals surface area contributed by atoms with E-state index in [0.717, 1.165) is 48.6 Å². The highest BCUT2D eigenvalue weighted by molar-refractivity contribution is 7.07. The third-order valence-electron chi connectivity index (χ3n) is 4.98. The highest BCUT2D eigenvalue weighted by atomic mass is 32.1. The Bertz CT molecular complexity index is 884. The molecule has 3 heterocycles. The van der Waals surface area contributed by atoms with Crippen LogP contribution in [0.25, 0.3) is 22.6 Å². The minimum Gasteiger partial charge on any atom is -0.381 e. The average molecular weight is 370 g/mol. The summed E-state index contributed by atoms with van der Waals surface area (Å²) in [7, 11) is 0. The molecule has 0 bridgehead atoms. The lowest BCUT2D eigenvalue weighted by atomic mass is 9.93. The van der Waals surface area contributed by atoms with Crippen LogP contribution in [0.5, 0.6) is 0 Å². The molecule has 0 aliphatic carbocycles. The number of carbonyl (C=O) groups is 1. The fraction of sp³-hybridized carbons (Fsp3) is 0.421. The largest absolute Gasteiger partial charge is 0.381 e. The molecule has 1 aromatic carbocycles. The quantitative estimate of drug-likeness (QED) is 0.749. The maximum atomic E-state index is 12.7. The molecule has 4 rings (SSSR count). The summed E-state index contributed by atoms with van der Waals surface area (Å²) >= 11 is 1.52. The van der Waals surface area contributed by atoms with Gasteiger partial charge in [-0.3, -0.25) is 4.79 Å². The number of nitrogens with zero attached hydrogens (tertiary/aromatic N) is 3. The molecule has 1 atom stereocenters. The zero-order chi connectivity index (χ0) is 17.9. The number of nitrogens with one attached hydrogen (secondary N) is 1. The highest BCUT2D eigenvalue weighted by Gasteiger charge is 2.23. The molecule has 2 aromatic heterocycles. The van der Waals surface area contributed by atoms with Crippen molar-refractivity contribution in [1.29, 1.82) is 0 Å². The Hall–Kier alpha value is -2.25. The van der Waals surface area contributed by atoms with Gasteiger partial charge < -0.3 is 14.6 Å². The molecule has 7 heteroatoms. The van der Waals surface area contributed by atoms with E-state index in [1.165, 1.54) is 11.3 Å². The van der Waals surface area contributed by atoms with Crippen molar-refractivity contribution >= 4 is 28.3 Å². The number of hydrogen-bond acceptors (Lipinski definition) is 5. The molecule has 0 radical (unpaired) electrons. The summed E-state index contributed by atoms with van der Waals surface area (Å²) in [6, 6.07) is 8.02. The molecule has 3 aromatic rings. The molecule has 136 valence electrons. The van der Waals surface area contributed by atoms with Crippen LogP contribution in [0, 0.1) is 5.92 Å². The van der Waals surface area contributed by atoms with E-state index in [0.29, 0.717) is 5.92 Å². The van der Waals surface area contributed by atoms with Crippen molar-refractivity contribution in [3.63, 3.8) is 0 Å². The molecule has 1 saturated heterocycles. The Kier molecular flexibility index (Phi) is 4.99. The molecule has 1 aliphatic rings. The Morgan fingerprint density at radius 3 is 2.96 bits per heavy atom. The van der Waals surface area contributed by atoms with Crippen LogP contribution in [0.15, 0.2) is 35.2 Å². The number of rotatable bonds is 5. The predicted molar refractivity (Wildman–Crippen MR) is 102 cm³/mol. The number of thiazole rings is 1. The molecule has 6 nitrogen and oxygen atoms in total. The van der Waals surface area contributed by atoms with E-state index in [-0.39, 0.29) is 18.5 Å². The summed E-state index contributed by atoms with van der Waals surface area (Å²) in [5.41, 5.74) is 4.41. The number of ether oxygens (including phenoxy) is 1. The first-order chi connectivity index (χ1) is 12.7. The van der Waals surface area contributed by atoms with Gasteiger partial charge in [0.05, 0.1) is 16.5 Å². The lowest BCUT2D eigenvalue weighted by Gasteiger charge is -2.28. The standard InChI is InChI=1S/C19H22N4O2S/c1-13(14-6-8-25-9-7-14)21-18(24)10-23-17-5-3-2-4-15(17)22-19(23)16-11-26-12-20-16/h2-5,11-14H,6-10H2,1H3,(H,21,24). The van der Waals surface area contributed by atoms with Crippen molar-refractivity contribution in [3.05, 3.63) is 35.2 Å². The zero-order valence-corrected chi connectivity index (χ0v) is 15.5.